The average Bonchev–Trinajstić information content (AvgIpc) is 2.35. The van der Waals surface area contributed by atoms with Gasteiger partial charge in [-0.2, -0.15) is 13.2 Å². The summed E-state index contributed by atoms with van der Waals surface area (Å²) in [5, 5.41) is 0. The Kier molecular flexibility index (Phi) is 5.52. The van der Waals surface area contributed by atoms with Crippen molar-refractivity contribution in [3.63, 3.8) is 0 Å². The van der Waals surface area contributed by atoms with E-state index in [0.29, 0.717) is 6.07 Å². The van der Waals surface area contributed by atoms with Crippen molar-refractivity contribution >= 4 is 21.9 Å². The maximum absolute atomic E-state index is 13.7. The first-order valence-electron chi connectivity index (χ1n) is 5.60. The maximum atomic E-state index is 13.7. The Morgan fingerprint density at radius 3 is 2.50 bits per heavy atom. The lowest BCUT2D eigenvalue weighted by atomic mass is 10.0. The van der Waals surface area contributed by atoms with Gasteiger partial charge in [-0.3, -0.25) is 0 Å². The number of alkyl halides is 4. The Labute approximate surface area is 121 Å². The predicted octanol–water partition coefficient (Wildman–Crippen LogP) is 3.37. The molecule has 2 atom stereocenters. The zero-order chi connectivity index (χ0) is 15.5. The highest BCUT2D eigenvalue weighted by atomic mass is 79.9. The molecule has 3 nitrogen and oxygen atoms in total. The molecule has 0 bridgehead atoms. The molecule has 0 radical (unpaired) electrons. The van der Waals surface area contributed by atoms with Crippen molar-refractivity contribution in [1.29, 1.82) is 0 Å². The molecule has 1 aromatic rings. The number of esters is 1. The van der Waals surface area contributed by atoms with Crippen LogP contribution in [0.2, 0.25) is 0 Å². The van der Waals surface area contributed by atoms with Crippen LogP contribution in [0.1, 0.15) is 24.1 Å². The Hall–Kier alpha value is -1.15. The summed E-state index contributed by atoms with van der Waals surface area (Å²) < 4.78 is 56.2. The topological polar surface area (TPSA) is 52.3 Å². The fraction of sp³-hybridized carbons (Fsp3) is 0.417. The Bertz CT molecular complexity index is 493. The van der Waals surface area contributed by atoms with Crippen LogP contribution in [0.15, 0.2) is 22.7 Å². The number of carbonyl (C=O) groups excluding carboxylic acids is 1. The number of hydrogen-bond donors (Lipinski definition) is 1. The third kappa shape index (κ3) is 4.17. The molecule has 0 saturated heterocycles. The molecule has 0 spiro atoms. The van der Waals surface area contributed by atoms with Crippen LogP contribution in [0.3, 0.4) is 0 Å². The number of carbonyl (C=O) groups is 1. The van der Waals surface area contributed by atoms with Gasteiger partial charge in [0.05, 0.1) is 18.2 Å². The molecule has 8 heteroatoms. The van der Waals surface area contributed by atoms with Gasteiger partial charge in [-0.1, -0.05) is 15.9 Å². The highest BCUT2D eigenvalue weighted by molar-refractivity contribution is 9.10. The zero-order valence-electron chi connectivity index (χ0n) is 10.4. The maximum Gasteiger partial charge on any atom is 0.416 e. The lowest BCUT2D eigenvalue weighted by Gasteiger charge is -2.18. The smallest absolute Gasteiger partial charge is 0.416 e. The largest absolute Gasteiger partial charge is 0.464 e. The van der Waals surface area contributed by atoms with E-state index < -0.39 is 29.9 Å². The first-order valence-corrected chi connectivity index (χ1v) is 6.40. The van der Waals surface area contributed by atoms with Crippen LogP contribution in [0.4, 0.5) is 17.6 Å². The molecule has 2 N–H and O–H groups in total. The van der Waals surface area contributed by atoms with Gasteiger partial charge in [-0.25, -0.2) is 9.18 Å². The highest BCUT2D eigenvalue weighted by Crippen LogP contribution is 2.33. The van der Waals surface area contributed by atoms with Crippen LogP contribution in [-0.4, -0.2) is 18.7 Å². The monoisotopic (exact) mass is 357 g/mol. The summed E-state index contributed by atoms with van der Waals surface area (Å²) in [6, 6.07) is 1.24. The van der Waals surface area contributed by atoms with Gasteiger partial charge >= 0.3 is 12.1 Å². The minimum absolute atomic E-state index is 0.0434. The summed E-state index contributed by atoms with van der Waals surface area (Å²) in [5.74, 6) is -1.20. The van der Waals surface area contributed by atoms with E-state index in [1.54, 1.807) is 0 Å². The molecule has 1 aromatic carbocycles. The van der Waals surface area contributed by atoms with E-state index in [-0.39, 0.29) is 16.6 Å². The van der Waals surface area contributed by atoms with Gasteiger partial charge in [0.15, 0.2) is 0 Å². The van der Waals surface area contributed by atoms with Crippen molar-refractivity contribution in [3.8, 4) is 0 Å². The summed E-state index contributed by atoms with van der Waals surface area (Å²) in [4.78, 5) is 11.2. The van der Waals surface area contributed by atoms with Crippen LogP contribution in [0, 0.1) is 0 Å². The molecule has 20 heavy (non-hydrogen) atoms. The van der Waals surface area contributed by atoms with Gasteiger partial charge < -0.3 is 10.5 Å². The van der Waals surface area contributed by atoms with Gasteiger partial charge in [0, 0.05) is 4.47 Å². The normalized spacial score (nSPS) is 14.8. The van der Waals surface area contributed by atoms with Crippen molar-refractivity contribution in [1.82, 2.24) is 0 Å². The van der Waals surface area contributed by atoms with Crippen molar-refractivity contribution in [2.75, 3.05) is 6.61 Å². The standard InChI is InChI=1S/C12H12BrF4NO2/c1-2-20-11(19)9(14)10(18)6-3-7(12(15,16)17)5-8(13)4-6/h3-5,9-10H,2,18H2,1H3/t9?,10-/m1/s1. The zero-order valence-corrected chi connectivity index (χ0v) is 12.0. The Morgan fingerprint density at radius 1 is 1.40 bits per heavy atom. The van der Waals surface area contributed by atoms with E-state index in [9.17, 15) is 22.4 Å². The van der Waals surface area contributed by atoms with E-state index in [4.69, 9.17) is 5.73 Å². The summed E-state index contributed by atoms with van der Waals surface area (Å²) in [7, 11) is 0. The van der Waals surface area contributed by atoms with Crippen LogP contribution in [-0.2, 0) is 15.7 Å². The second-order valence-electron chi connectivity index (χ2n) is 3.95. The summed E-state index contributed by atoms with van der Waals surface area (Å²) in [5.41, 5.74) is 4.36. The van der Waals surface area contributed by atoms with E-state index in [0.717, 1.165) is 6.07 Å². The number of halogens is 5. The minimum Gasteiger partial charge on any atom is -0.464 e. The van der Waals surface area contributed by atoms with Crippen LogP contribution in [0.5, 0.6) is 0 Å². The molecular weight excluding hydrogens is 346 g/mol. The predicted molar refractivity (Wildman–Crippen MR) is 67.6 cm³/mol. The first-order chi connectivity index (χ1) is 9.16. The fourth-order valence-electron chi connectivity index (χ4n) is 1.51. The van der Waals surface area contributed by atoms with Crippen molar-refractivity contribution < 1.29 is 27.1 Å². The molecule has 0 aromatic heterocycles. The molecule has 1 unspecified atom stereocenters. The van der Waals surface area contributed by atoms with Gasteiger partial charge in [0.2, 0.25) is 6.17 Å². The van der Waals surface area contributed by atoms with E-state index >= 15 is 0 Å². The van der Waals surface area contributed by atoms with Gasteiger partial charge in [-0.15, -0.1) is 0 Å². The van der Waals surface area contributed by atoms with Crippen LogP contribution >= 0.6 is 15.9 Å². The van der Waals surface area contributed by atoms with Crippen LogP contribution < -0.4 is 5.73 Å². The molecule has 0 heterocycles. The average molecular weight is 358 g/mol. The van der Waals surface area contributed by atoms with E-state index in [1.807, 2.05) is 0 Å². The summed E-state index contributed by atoms with van der Waals surface area (Å²) in [6.07, 6.45) is -6.82. The molecule has 0 aliphatic carbocycles. The number of rotatable bonds is 4. The molecule has 0 saturated carbocycles. The van der Waals surface area contributed by atoms with Gasteiger partial charge in [0.1, 0.15) is 0 Å². The number of benzene rings is 1. The van der Waals surface area contributed by atoms with Crippen molar-refractivity contribution in [3.05, 3.63) is 33.8 Å². The van der Waals surface area contributed by atoms with Gasteiger partial charge in [-0.05, 0) is 30.7 Å². The molecule has 0 amide bonds. The van der Waals surface area contributed by atoms with Crippen LogP contribution in [0.25, 0.3) is 0 Å². The lowest BCUT2D eigenvalue weighted by molar-refractivity contribution is -0.149. The fourth-order valence-corrected chi connectivity index (χ4v) is 2.02. The number of ether oxygens (including phenoxy) is 1. The summed E-state index contributed by atoms with van der Waals surface area (Å²) >= 11 is 2.90. The Balaban J connectivity index is 3.07. The van der Waals surface area contributed by atoms with Gasteiger partial charge in [0.25, 0.3) is 0 Å². The molecular formula is C12H12BrF4NO2. The highest BCUT2D eigenvalue weighted by Gasteiger charge is 2.33. The third-order valence-electron chi connectivity index (χ3n) is 2.46. The first kappa shape index (κ1) is 16.9. The Morgan fingerprint density at radius 2 is 2.00 bits per heavy atom. The molecule has 112 valence electrons. The molecule has 0 aliphatic rings. The summed E-state index contributed by atoms with van der Waals surface area (Å²) in [6.45, 7) is 1.44. The SMILES string of the molecule is CCOC(=O)C(F)[C@H](N)c1cc(Br)cc(C(F)(F)F)c1. The molecule has 1 rings (SSSR count). The molecule has 0 fully saturated rings. The number of nitrogens with two attached hydrogens (primary N) is 1. The second kappa shape index (κ2) is 6.53. The molecule has 0 aliphatic heterocycles. The van der Waals surface area contributed by atoms with E-state index in [1.165, 1.54) is 13.0 Å². The second-order valence-corrected chi connectivity index (χ2v) is 4.87. The lowest BCUT2D eigenvalue weighted by Crippen LogP contribution is -2.31. The minimum atomic E-state index is -4.59. The van der Waals surface area contributed by atoms with Crippen molar-refractivity contribution in [2.24, 2.45) is 5.73 Å². The van der Waals surface area contributed by atoms with E-state index in [2.05, 4.69) is 20.7 Å². The number of hydrogen-bond acceptors (Lipinski definition) is 3. The quantitative estimate of drug-likeness (QED) is 0.663. The van der Waals surface area contributed by atoms with Crippen molar-refractivity contribution in [2.45, 2.75) is 25.3 Å². The third-order valence-corrected chi connectivity index (χ3v) is 2.92.